The molecule has 6 aromatic rings. The van der Waals surface area contributed by atoms with Gasteiger partial charge in [-0.25, -0.2) is 4.98 Å². The van der Waals surface area contributed by atoms with E-state index in [1.807, 2.05) is 48.8 Å². The Morgan fingerprint density at radius 2 is 1.64 bits per heavy atom. The van der Waals surface area contributed by atoms with E-state index in [0.29, 0.717) is 17.2 Å². The fraction of sp³-hybridized carbons (Fsp3) is 0.386. The van der Waals surface area contributed by atoms with Crippen LogP contribution < -0.4 is 5.19 Å². The summed E-state index contributed by atoms with van der Waals surface area (Å²) in [5, 5.41) is 3.03. The van der Waals surface area contributed by atoms with Crippen LogP contribution in [0.2, 0.25) is 19.6 Å². The van der Waals surface area contributed by atoms with Crippen molar-refractivity contribution in [1.29, 1.82) is 0 Å². The van der Waals surface area contributed by atoms with E-state index in [2.05, 4.69) is 73.8 Å². The third kappa shape index (κ3) is 7.44. The molecule has 4 heterocycles. The Hall–Kier alpha value is -3.44. The zero-order valence-corrected chi connectivity index (χ0v) is 33.2. The van der Waals surface area contributed by atoms with Crippen molar-refractivity contribution in [3.8, 4) is 22.5 Å². The van der Waals surface area contributed by atoms with Gasteiger partial charge in [-0.3, -0.25) is 0 Å². The molecular formula is C44H49IrN3OSi-2. The maximum atomic E-state index is 8.99. The predicted octanol–water partition coefficient (Wildman–Crippen LogP) is 11.4. The SMILES string of the molecule is [2H]C([2H])([2H])c1ccc2c(n1)oc1c(-c3cc(C(C)(C)C4CCCC4)ccn3)[c-]ccc12.[2H]C1(c2cc(-c3[c-]cccc3)ncc2[Si](C)(C)C)CCCC1.[Ir]. The fourth-order valence-corrected chi connectivity index (χ4v) is 9.29. The van der Waals surface area contributed by atoms with E-state index in [1.165, 1.54) is 54.8 Å². The van der Waals surface area contributed by atoms with E-state index in [0.717, 1.165) is 46.1 Å². The van der Waals surface area contributed by atoms with E-state index < -0.39 is 20.8 Å². The van der Waals surface area contributed by atoms with Crippen LogP contribution >= 0.6 is 0 Å². The summed E-state index contributed by atoms with van der Waals surface area (Å²) in [6, 6.07) is 28.1. The Morgan fingerprint density at radius 1 is 0.860 bits per heavy atom. The Bertz CT molecular complexity index is 2240. The molecule has 0 spiro atoms. The topological polar surface area (TPSA) is 51.8 Å². The van der Waals surface area contributed by atoms with Crippen LogP contribution in [0.25, 0.3) is 44.6 Å². The largest absolute Gasteiger partial charge is 0.486 e. The predicted molar refractivity (Wildman–Crippen MR) is 206 cm³/mol. The standard InChI is InChI=1S/C25H25N2O.C19H24NSi.Ir/c1-16-11-12-20-19-9-6-10-21(23(19)28-24(20)27-16)22-15-18(13-14-26-22)25(2,3)17-7-4-5-8-17;1-21(2,3)19-14-20-18(16-11-5-4-6-12-16)13-17(19)15-9-7-8-10-15;/h6,9,11-15,17H,4-5,7-8H2,1-3H3;4-6,11,13-15H,7-10H2,1-3H3;/q2*-1;/i1D3;15D;. The van der Waals surface area contributed by atoms with Crippen molar-refractivity contribution >= 4 is 35.3 Å². The van der Waals surface area contributed by atoms with Crippen LogP contribution in [0, 0.1) is 24.9 Å². The first-order chi connectivity index (χ1) is 25.1. The monoisotopic (exact) mass is 860 g/mol. The molecule has 4 aromatic heterocycles. The number of aryl methyl sites for hydroxylation is 1. The minimum Gasteiger partial charge on any atom is -0.486 e. The molecule has 0 atom stereocenters. The van der Waals surface area contributed by atoms with Crippen molar-refractivity contribution in [3.05, 3.63) is 108 Å². The van der Waals surface area contributed by atoms with Crippen LogP contribution in [0.4, 0.5) is 0 Å². The number of hydrogen-bond acceptors (Lipinski definition) is 4. The number of nitrogens with zero attached hydrogens (tertiary/aromatic N) is 3. The molecule has 4 nitrogen and oxygen atoms in total. The minimum absolute atomic E-state index is 0. The normalized spacial score (nSPS) is 17.7. The summed E-state index contributed by atoms with van der Waals surface area (Å²) in [6.07, 6.45) is 13.4. The number of furan rings is 1. The number of hydrogen-bond donors (Lipinski definition) is 0. The van der Waals surface area contributed by atoms with Gasteiger partial charge in [0, 0.05) is 49.1 Å². The van der Waals surface area contributed by atoms with E-state index in [4.69, 9.17) is 14.9 Å². The van der Waals surface area contributed by atoms with Gasteiger partial charge in [0.1, 0.15) is 0 Å². The molecule has 2 saturated carbocycles. The summed E-state index contributed by atoms with van der Waals surface area (Å²) < 4.78 is 37.9. The van der Waals surface area contributed by atoms with Crippen molar-refractivity contribution in [2.75, 3.05) is 0 Å². The van der Waals surface area contributed by atoms with E-state index >= 15 is 0 Å². The molecule has 2 aromatic carbocycles. The van der Waals surface area contributed by atoms with Crippen molar-refractivity contribution in [1.82, 2.24) is 15.0 Å². The first-order valence-corrected chi connectivity index (χ1v) is 21.3. The van der Waals surface area contributed by atoms with E-state index in [1.54, 1.807) is 12.1 Å². The number of fused-ring (bicyclic) bond motifs is 3. The van der Waals surface area contributed by atoms with Crippen LogP contribution in [-0.4, -0.2) is 23.0 Å². The van der Waals surface area contributed by atoms with Gasteiger partial charge in [0.05, 0.1) is 13.7 Å². The molecular weight excluding hydrogens is 807 g/mol. The van der Waals surface area contributed by atoms with Crippen LogP contribution in [-0.2, 0) is 25.5 Å². The summed E-state index contributed by atoms with van der Waals surface area (Å²) in [4.78, 5) is 13.6. The Labute approximate surface area is 318 Å². The quantitative estimate of drug-likeness (QED) is 0.124. The third-order valence-electron chi connectivity index (χ3n) is 10.7. The zero-order valence-electron chi connectivity index (χ0n) is 33.8. The molecule has 8 rings (SSSR count). The Balaban J connectivity index is 0.000000191. The molecule has 50 heavy (non-hydrogen) atoms. The van der Waals surface area contributed by atoms with Crippen LogP contribution in [0.3, 0.4) is 0 Å². The molecule has 1 radical (unpaired) electrons. The average Bonchev–Trinajstić information content (AvgIpc) is 3.92. The van der Waals surface area contributed by atoms with Gasteiger partial charge < -0.3 is 14.4 Å². The number of rotatable bonds is 6. The van der Waals surface area contributed by atoms with Gasteiger partial charge in [-0.15, -0.1) is 54.1 Å². The second-order valence-corrected chi connectivity index (χ2v) is 20.4. The molecule has 0 saturated heterocycles. The molecule has 2 fully saturated rings. The molecule has 6 heteroatoms. The summed E-state index contributed by atoms with van der Waals surface area (Å²) in [5.74, 6) is 0.262. The van der Waals surface area contributed by atoms with Crippen LogP contribution in [0.15, 0.2) is 83.5 Å². The molecule has 2 aliphatic carbocycles. The van der Waals surface area contributed by atoms with Gasteiger partial charge in [0.25, 0.3) is 0 Å². The smallest absolute Gasteiger partial charge is 0.216 e. The van der Waals surface area contributed by atoms with E-state index in [9.17, 15) is 0 Å². The summed E-state index contributed by atoms with van der Waals surface area (Å²) in [6.45, 7) is 9.42. The van der Waals surface area contributed by atoms with Crippen molar-refractivity contribution in [3.63, 3.8) is 0 Å². The van der Waals surface area contributed by atoms with E-state index in [-0.39, 0.29) is 31.2 Å². The van der Waals surface area contributed by atoms with Gasteiger partial charge in [-0.1, -0.05) is 87.8 Å². The number of aromatic nitrogens is 3. The van der Waals surface area contributed by atoms with Gasteiger partial charge in [0.2, 0.25) is 5.71 Å². The van der Waals surface area contributed by atoms with Gasteiger partial charge >= 0.3 is 0 Å². The van der Waals surface area contributed by atoms with Gasteiger partial charge in [-0.2, -0.15) is 0 Å². The molecule has 0 N–H and O–H groups in total. The summed E-state index contributed by atoms with van der Waals surface area (Å²) in [5.41, 5.74) is 7.13. The van der Waals surface area contributed by atoms with Crippen LogP contribution in [0.5, 0.6) is 0 Å². The second kappa shape index (κ2) is 15.0. The maximum Gasteiger partial charge on any atom is 0.216 e. The molecule has 0 aliphatic heterocycles. The van der Waals surface area contributed by atoms with Crippen molar-refractivity contribution in [2.45, 2.75) is 103 Å². The maximum absolute atomic E-state index is 8.99. The molecule has 261 valence electrons. The Morgan fingerprint density at radius 3 is 2.36 bits per heavy atom. The Kier molecular flexibility index (Phi) is 9.41. The molecule has 0 bridgehead atoms. The van der Waals surface area contributed by atoms with Crippen molar-refractivity contribution < 1.29 is 30.0 Å². The molecule has 0 amide bonds. The second-order valence-electron chi connectivity index (χ2n) is 15.3. The van der Waals surface area contributed by atoms with Crippen LogP contribution in [0.1, 0.15) is 93.4 Å². The average molecular weight is 860 g/mol. The fourth-order valence-electron chi connectivity index (χ4n) is 7.78. The first kappa shape index (κ1) is 31.3. The minimum atomic E-state index is -2.27. The first-order valence-electron chi connectivity index (χ1n) is 19.8. The van der Waals surface area contributed by atoms with Crippen molar-refractivity contribution in [2.24, 2.45) is 5.92 Å². The molecule has 0 unspecified atom stereocenters. The van der Waals surface area contributed by atoms with Gasteiger partial charge in [0.15, 0.2) is 0 Å². The zero-order chi connectivity index (χ0) is 37.6. The third-order valence-corrected chi connectivity index (χ3v) is 12.7. The van der Waals surface area contributed by atoms with Gasteiger partial charge in [-0.05, 0) is 90.1 Å². The number of benzene rings is 2. The molecule has 2 aliphatic rings. The summed E-state index contributed by atoms with van der Waals surface area (Å²) >= 11 is 0. The number of pyridine rings is 3. The summed E-state index contributed by atoms with van der Waals surface area (Å²) in [7, 11) is -1.51.